The zero-order chi connectivity index (χ0) is 20.4. The minimum absolute atomic E-state index is 0.0836. The number of rotatable bonds is 6. The monoisotopic (exact) mass is 392 g/mol. The Morgan fingerprint density at radius 2 is 1.93 bits per heavy atom. The number of aliphatic hydroxyl groups excluding tert-OH is 2. The van der Waals surface area contributed by atoms with Gasteiger partial charge >= 0.3 is 0 Å². The topological polar surface area (TPSA) is 144 Å². The second-order valence-electron chi connectivity index (χ2n) is 6.87. The van der Waals surface area contributed by atoms with Gasteiger partial charge in [-0.2, -0.15) is 4.98 Å². The average Bonchev–Trinajstić information content (AvgIpc) is 3.18. The third-order valence-electron chi connectivity index (χ3n) is 4.01. The molecule has 1 aliphatic rings. The number of nitrogens with one attached hydrogen (secondary N) is 1. The van der Waals surface area contributed by atoms with Crippen molar-refractivity contribution in [3.05, 3.63) is 10.4 Å². The number of ether oxygens (including phenoxy) is 1. The molecule has 3 heterocycles. The predicted octanol–water partition coefficient (Wildman–Crippen LogP) is -0.797. The highest BCUT2D eigenvalue weighted by Gasteiger charge is 2.37. The van der Waals surface area contributed by atoms with E-state index in [4.69, 9.17) is 4.74 Å². The zero-order valence-electron chi connectivity index (χ0n) is 16.1. The fourth-order valence-electron chi connectivity index (χ4n) is 2.75. The number of imidazole rings is 1. The van der Waals surface area contributed by atoms with Crippen molar-refractivity contribution in [3.63, 3.8) is 0 Å². The molecule has 0 aliphatic carbocycles. The van der Waals surface area contributed by atoms with Crippen LogP contribution in [0.25, 0.3) is 11.2 Å². The van der Waals surface area contributed by atoms with Crippen molar-refractivity contribution in [3.8, 4) is 0 Å². The Morgan fingerprint density at radius 1 is 1.25 bits per heavy atom. The number of aliphatic imine (C=N–C) groups is 2. The molecule has 3 rings (SSSR count). The van der Waals surface area contributed by atoms with Crippen LogP contribution in [0.1, 0.15) is 12.6 Å². The van der Waals surface area contributed by atoms with E-state index in [0.717, 1.165) is 0 Å². The van der Waals surface area contributed by atoms with Crippen molar-refractivity contribution in [2.75, 3.05) is 34.8 Å². The number of hydrogen-bond donors (Lipinski definition) is 3. The summed E-state index contributed by atoms with van der Waals surface area (Å²) in [6.07, 6.45) is 0.963. The molecule has 152 valence electrons. The molecule has 0 saturated carbocycles. The molecule has 3 N–H and O–H groups in total. The van der Waals surface area contributed by atoms with Crippen molar-refractivity contribution in [1.82, 2.24) is 29.3 Å². The first-order valence-corrected chi connectivity index (χ1v) is 8.68. The fourth-order valence-corrected chi connectivity index (χ4v) is 2.75. The Labute approximate surface area is 160 Å². The maximum atomic E-state index is 12.5. The van der Waals surface area contributed by atoms with Crippen LogP contribution >= 0.6 is 0 Å². The normalized spacial score (nSPS) is 22.7. The molecule has 12 nitrogen and oxygen atoms in total. The molecule has 1 aliphatic heterocycles. The summed E-state index contributed by atoms with van der Waals surface area (Å²) in [6.45, 7) is -0.326. The average molecular weight is 392 g/mol. The largest absolute Gasteiger partial charge is 0.394 e. The van der Waals surface area contributed by atoms with Gasteiger partial charge in [-0.1, -0.05) is 0 Å². The van der Waals surface area contributed by atoms with Crippen molar-refractivity contribution in [1.29, 1.82) is 0 Å². The maximum absolute atomic E-state index is 12.5. The molecule has 0 amide bonds. The quantitative estimate of drug-likeness (QED) is 0.428. The predicted molar refractivity (Wildman–Crippen MR) is 103 cm³/mol. The van der Waals surface area contributed by atoms with Crippen molar-refractivity contribution >= 4 is 35.7 Å². The molecule has 0 unspecified atom stereocenters. The van der Waals surface area contributed by atoms with Crippen LogP contribution in [0.2, 0.25) is 0 Å². The van der Waals surface area contributed by atoms with Gasteiger partial charge in [0.2, 0.25) is 11.9 Å². The van der Waals surface area contributed by atoms with Gasteiger partial charge in [-0.15, -0.1) is 0 Å². The lowest BCUT2D eigenvalue weighted by Gasteiger charge is -2.15. The van der Waals surface area contributed by atoms with E-state index in [0.29, 0.717) is 0 Å². The number of aromatic nitrogens is 4. The summed E-state index contributed by atoms with van der Waals surface area (Å²) in [5, 5.41) is 19.5. The van der Waals surface area contributed by atoms with Crippen LogP contribution in [-0.2, 0) is 4.74 Å². The van der Waals surface area contributed by atoms with E-state index in [-0.39, 0.29) is 36.1 Å². The SMILES string of the molecule is CN(C)/C=N/c1nc2c(nc(/N=C/N(C)C)n2[C@H]2C[C@H](O)[C@@H](CO)O2)c(=O)[nH]1. The van der Waals surface area contributed by atoms with Gasteiger partial charge in [-0.25, -0.2) is 15.0 Å². The van der Waals surface area contributed by atoms with Gasteiger partial charge in [0.15, 0.2) is 11.2 Å². The van der Waals surface area contributed by atoms with E-state index < -0.39 is 24.0 Å². The maximum Gasteiger partial charge on any atom is 0.280 e. The molecule has 2 aromatic rings. The van der Waals surface area contributed by atoms with Gasteiger partial charge in [-0.3, -0.25) is 14.3 Å². The summed E-state index contributed by atoms with van der Waals surface area (Å²) in [6, 6.07) is 0. The smallest absolute Gasteiger partial charge is 0.280 e. The Bertz CT molecular complexity index is 948. The lowest BCUT2D eigenvalue weighted by Crippen LogP contribution is -2.24. The summed E-state index contributed by atoms with van der Waals surface area (Å²) < 4.78 is 7.28. The first kappa shape index (κ1) is 19.9. The summed E-state index contributed by atoms with van der Waals surface area (Å²) in [5.41, 5.74) is -0.148. The molecule has 1 saturated heterocycles. The van der Waals surface area contributed by atoms with E-state index in [9.17, 15) is 15.0 Å². The molecular formula is C16H24N8O4. The standard InChI is InChI=1S/C16H24N8O4/c1-22(2)7-17-15-20-13-12(14(27)21-15)19-16(18-8-23(3)4)24(13)11-5-9(26)10(6-25)28-11/h7-11,25-26H,5-6H2,1-4H3,(H,20,21,27)/b17-7+,18-8+/t9-,10+,11+/m0/s1. The Balaban J connectivity index is 2.16. The molecule has 12 heteroatoms. The number of aliphatic hydroxyl groups is 2. The summed E-state index contributed by atoms with van der Waals surface area (Å²) in [4.78, 5) is 35.6. The highest BCUT2D eigenvalue weighted by molar-refractivity contribution is 5.75. The minimum Gasteiger partial charge on any atom is -0.394 e. The number of fused-ring (bicyclic) bond motifs is 1. The molecular weight excluding hydrogens is 368 g/mol. The van der Waals surface area contributed by atoms with E-state index in [1.54, 1.807) is 38.0 Å². The Morgan fingerprint density at radius 3 is 2.54 bits per heavy atom. The third kappa shape index (κ3) is 4.03. The second-order valence-corrected chi connectivity index (χ2v) is 6.87. The highest BCUT2D eigenvalue weighted by atomic mass is 16.5. The van der Waals surface area contributed by atoms with Crippen LogP contribution in [0.5, 0.6) is 0 Å². The summed E-state index contributed by atoms with van der Waals surface area (Å²) >= 11 is 0. The minimum atomic E-state index is -0.855. The first-order valence-electron chi connectivity index (χ1n) is 8.68. The number of nitrogens with zero attached hydrogens (tertiary/aromatic N) is 7. The van der Waals surface area contributed by atoms with E-state index in [2.05, 4.69) is 24.9 Å². The molecule has 2 aromatic heterocycles. The Kier molecular flexibility index (Phi) is 5.72. The van der Waals surface area contributed by atoms with Gasteiger partial charge in [0, 0.05) is 34.6 Å². The van der Waals surface area contributed by atoms with Gasteiger partial charge in [0.1, 0.15) is 12.3 Å². The highest BCUT2D eigenvalue weighted by Crippen LogP contribution is 2.34. The first-order chi connectivity index (χ1) is 13.3. The van der Waals surface area contributed by atoms with Crippen LogP contribution in [0.3, 0.4) is 0 Å². The number of H-pyrrole nitrogens is 1. The summed E-state index contributed by atoms with van der Waals surface area (Å²) in [5.74, 6) is 0.305. The van der Waals surface area contributed by atoms with Gasteiger partial charge in [0.05, 0.1) is 25.4 Å². The third-order valence-corrected chi connectivity index (χ3v) is 4.01. The van der Waals surface area contributed by atoms with Crippen LogP contribution in [-0.4, -0.2) is 99.2 Å². The molecule has 3 atom stereocenters. The molecule has 0 aromatic carbocycles. The van der Waals surface area contributed by atoms with Gasteiger partial charge in [0.25, 0.3) is 5.56 Å². The summed E-state index contributed by atoms with van der Waals surface area (Å²) in [7, 11) is 7.18. The van der Waals surface area contributed by atoms with E-state index in [1.807, 2.05) is 0 Å². The van der Waals surface area contributed by atoms with Crippen LogP contribution in [0.15, 0.2) is 14.8 Å². The molecule has 0 bridgehead atoms. The number of aromatic amines is 1. The molecule has 0 radical (unpaired) electrons. The van der Waals surface area contributed by atoms with Crippen molar-refractivity contribution in [2.24, 2.45) is 9.98 Å². The molecule has 28 heavy (non-hydrogen) atoms. The lowest BCUT2D eigenvalue weighted by molar-refractivity contribution is -0.0426. The van der Waals surface area contributed by atoms with Crippen LogP contribution < -0.4 is 5.56 Å². The fraction of sp³-hybridized carbons (Fsp3) is 0.562. The van der Waals surface area contributed by atoms with Crippen molar-refractivity contribution in [2.45, 2.75) is 24.9 Å². The second kappa shape index (κ2) is 8.04. The van der Waals surface area contributed by atoms with E-state index in [1.165, 1.54) is 17.2 Å². The number of hydrogen-bond acceptors (Lipinski definition) is 8. The molecule has 1 fully saturated rings. The van der Waals surface area contributed by atoms with Crippen LogP contribution in [0.4, 0.5) is 11.9 Å². The molecule has 0 spiro atoms. The van der Waals surface area contributed by atoms with Gasteiger partial charge < -0.3 is 24.7 Å². The van der Waals surface area contributed by atoms with E-state index >= 15 is 0 Å². The van der Waals surface area contributed by atoms with Crippen LogP contribution in [0, 0.1) is 0 Å². The van der Waals surface area contributed by atoms with Crippen molar-refractivity contribution < 1.29 is 14.9 Å². The lowest BCUT2D eigenvalue weighted by atomic mass is 10.2. The Hall–Kier alpha value is -2.83. The zero-order valence-corrected chi connectivity index (χ0v) is 16.1. The van der Waals surface area contributed by atoms with Gasteiger partial charge in [-0.05, 0) is 0 Å².